The summed E-state index contributed by atoms with van der Waals surface area (Å²) in [6.07, 6.45) is 2.72. The van der Waals surface area contributed by atoms with Crippen LogP contribution in [0.3, 0.4) is 0 Å². The third-order valence-corrected chi connectivity index (χ3v) is 5.68. The zero-order valence-electron chi connectivity index (χ0n) is 15.8. The van der Waals surface area contributed by atoms with E-state index in [4.69, 9.17) is 4.74 Å². The van der Waals surface area contributed by atoms with E-state index in [9.17, 15) is 4.79 Å². The third kappa shape index (κ3) is 6.08. The van der Waals surface area contributed by atoms with E-state index in [0.29, 0.717) is 6.54 Å². The Kier molecular flexibility index (Phi) is 7.30. The summed E-state index contributed by atoms with van der Waals surface area (Å²) >= 11 is 3.47. The largest absolute Gasteiger partial charge is 0.497 e. The number of hydrogen-bond donors (Lipinski definition) is 1. The number of methoxy groups -OCH3 is 1. The monoisotopic (exact) mass is 430 g/mol. The standard InChI is InChI=1S/C22H27BrN2O2/c1-27-21-8-4-17(5-9-21)10-13-24-22(26)19-11-14-25(15-12-19)16-18-2-6-20(23)7-3-18/h2-9,19H,10-16H2,1H3,(H,24,26). The molecule has 1 heterocycles. The van der Waals surface area contributed by atoms with Crippen molar-refractivity contribution in [2.45, 2.75) is 25.8 Å². The zero-order valence-corrected chi connectivity index (χ0v) is 17.4. The minimum atomic E-state index is 0.141. The smallest absolute Gasteiger partial charge is 0.223 e. The number of hydrogen-bond acceptors (Lipinski definition) is 3. The van der Waals surface area contributed by atoms with E-state index in [0.717, 1.165) is 49.1 Å². The van der Waals surface area contributed by atoms with Crippen molar-refractivity contribution in [3.05, 3.63) is 64.1 Å². The van der Waals surface area contributed by atoms with Gasteiger partial charge in [-0.3, -0.25) is 9.69 Å². The van der Waals surface area contributed by atoms with E-state index in [2.05, 4.69) is 50.4 Å². The van der Waals surface area contributed by atoms with Crippen molar-refractivity contribution < 1.29 is 9.53 Å². The van der Waals surface area contributed by atoms with Crippen molar-refractivity contribution in [2.24, 2.45) is 5.92 Å². The molecule has 0 spiro atoms. The van der Waals surface area contributed by atoms with Gasteiger partial charge in [0, 0.05) is 23.5 Å². The van der Waals surface area contributed by atoms with Gasteiger partial charge in [-0.15, -0.1) is 0 Å². The minimum Gasteiger partial charge on any atom is -0.497 e. The molecule has 27 heavy (non-hydrogen) atoms. The molecule has 1 fully saturated rings. The van der Waals surface area contributed by atoms with E-state index in [1.54, 1.807) is 7.11 Å². The third-order valence-electron chi connectivity index (χ3n) is 5.15. The molecule has 0 saturated carbocycles. The lowest BCUT2D eigenvalue weighted by atomic mass is 9.95. The molecule has 0 aromatic heterocycles. The molecule has 3 rings (SSSR count). The van der Waals surface area contributed by atoms with Gasteiger partial charge in [0.15, 0.2) is 0 Å². The Morgan fingerprint density at radius 1 is 1.07 bits per heavy atom. The highest BCUT2D eigenvalue weighted by Crippen LogP contribution is 2.20. The summed E-state index contributed by atoms with van der Waals surface area (Å²) in [5, 5.41) is 3.11. The molecular formula is C22H27BrN2O2. The van der Waals surface area contributed by atoms with Crippen LogP contribution in [0.4, 0.5) is 0 Å². The van der Waals surface area contributed by atoms with Gasteiger partial charge in [-0.25, -0.2) is 0 Å². The number of nitrogens with zero attached hydrogens (tertiary/aromatic N) is 1. The molecule has 1 aliphatic rings. The maximum absolute atomic E-state index is 12.4. The Balaban J connectivity index is 1.37. The number of carbonyl (C=O) groups excluding carboxylic acids is 1. The predicted octanol–water partition coefficient (Wildman–Crippen LogP) is 4.03. The SMILES string of the molecule is COc1ccc(CCNC(=O)C2CCN(Cc3ccc(Br)cc3)CC2)cc1. The number of benzene rings is 2. The average Bonchev–Trinajstić information content (AvgIpc) is 2.71. The molecule has 0 atom stereocenters. The second-order valence-corrected chi connectivity index (χ2v) is 7.98. The van der Waals surface area contributed by atoms with Crippen molar-refractivity contribution >= 4 is 21.8 Å². The highest BCUT2D eigenvalue weighted by Gasteiger charge is 2.24. The highest BCUT2D eigenvalue weighted by molar-refractivity contribution is 9.10. The van der Waals surface area contributed by atoms with Crippen LogP contribution in [0.1, 0.15) is 24.0 Å². The normalized spacial score (nSPS) is 15.5. The molecular weight excluding hydrogens is 404 g/mol. The second-order valence-electron chi connectivity index (χ2n) is 7.07. The van der Waals surface area contributed by atoms with Crippen LogP contribution < -0.4 is 10.1 Å². The molecule has 144 valence electrons. The van der Waals surface area contributed by atoms with Crippen LogP contribution in [0, 0.1) is 5.92 Å². The molecule has 2 aromatic rings. The van der Waals surface area contributed by atoms with Crippen LogP contribution >= 0.6 is 15.9 Å². The summed E-state index contributed by atoms with van der Waals surface area (Å²) in [4.78, 5) is 14.9. The molecule has 1 N–H and O–H groups in total. The molecule has 0 aliphatic carbocycles. The fraction of sp³-hybridized carbons (Fsp3) is 0.409. The van der Waals surface area contributed by atoms with Gasteiger partial charge in [-0.2, -0.15) is 0 Å². The van der Waals surface area contributed by atoms with Crippen molar-refractivity contribution in [1.82, 2.24) is 10.2 Å². The van der Waals surface area contributed by atoms with E-state index in [-0.39, 0.29) is 11.8 Å². The van der Waals surface area contributed by atoms with Crippen LogP contribution in [-0.4, -0.2) is 37.6 Å². The van der Waals surface area contributed by atoms with Gasteiger partial charge in [0.05, 0.1) is 7.11 Å². The van der Waals surface area contributed by atoms with E-state index in [1.165, 1.54) is 11.1 Å². The minimum absolute atomic E-state index is 0.141. The summed E-state index contributed by atoms with van der Waals surface area (Å²) in [5.74, 6) is 1.20. The molecule has 5 heteroatoms. The van der Waals surface area contributed by atoms with E-state index >= 15 is 0 Å². The van der Waals surface area contributed by atoms with Gasteiger partial charge in [0.2, 0.25) is 5.91 Å². The summed E-state index contributed by atoms with van der Waals surface area (Å²) in [5.41, 5.74) is 2.53. The number of amides is 1. The average molecular weight is 431 g/mol. The summed E-state index contributed by atoms with van der Waals surface area (Å²) in [7, 11) is 1.67. The van der Waals surface area contributed by atoms with Gasteiger partial charge < -0.3 is 10.1 Å². The number of likely N-dealkylation sites (tertiary alicyclic amines) is 1. The van der Waals surface area contributed by atoms with Crippen molar-refractivity contribution in [2.75, 3.05) is 26.7 Å². The van der Waals surface area contributed by atoms with Crippen LogP contribution in [0.15, 0.2) is 53.0 Å². The highest BCUT2D eigenvalue weighted by atomic mass is 79.9. The number of halogens is 1. The Morgan fingerprint density at radius 2 is 1.70 bits per heavy atom. The van der Waals surface area contributed by atoms with Crippen LogP contribution in [0.5, 0.6) is 5.75 Å². The van der Waals surface area contributed by atoms with Crippen LogP contribution in [0.2, 0.25) is 0 Å². The Labute approximate surface area is 170 Å². The number of piperidine rings is 1. The molecule has 1 amide bonds. The second kappa shape index (κ2) is 9.90. The zero-order chi connectivity index (χ0) is 19.1. The molecule has 2 aromatic carbocycles. The van der Waals surface area contributed by atoms with E-state index < -0.39 is 0 Å². The Bertz CT molecular complexity index is 723. The fourth-order valence-electron chi connectivity index (χ4n) is 3.47. The first-order chi connectivity index (χ1) is 13.1. The molecule has 4 nitrogen and oxygen atoms in total. The van der Waals surface area contributed by atoms with Gasteiger partial charge >= 0.3 is 0 Å². The van der Waals surface area contributed by atoms with Gasteiger partial charge in [-0.05, 0) is 67.7 Å². The number of carbonyl (C=O) groups is 1. The van der Waals surface area contributed by atoms with Crippen LogP contribution in [0.25, 0.3) is 0 Å². The molecule has 1 saturated heterocycles. The van der Waals surface area contributed by atoms with Gasteiger partial charge in [0.1, 0.15) is 5.75 Å². The van der Waals surface area contributed by atoms with Gasteiger partial charge in [0.25, 0.3) is 0 Å². The summed E-state index contributed by atoms with van der Waals surface area (Å²) < 4.78 is 6.27. The van der Waals surface area contributed by atoms with Gasteiger partial charge in [-0.1, -0.05) is 40.2 Å². The molecule has 0 bridgehead atoms. The molecule has 0 radical (unpaired) electrons. The summed E-state index contributed by atoms with van der Waals surface area (Å²) in [6, 6.07) is 16.5. The summed E-state index contributed by atoms with van der Waals surface area (Å²) in [6.45, 7) is 3.60. The lowest BCUT2D eigenvalue weighted by molar-refractivity contribution is -0.126. The number of ether oxygens (including phenoxy) is 1. The molecule has 0 unspecified atom stereocenters. The predicted molar refractivity (Wildman–Crippen MR) is 112 cm³/mol. The lowest BCUT2D eigenvalue weighted by Crippen LogP contribution is -2.40. The first-order valence-corrected chi connectivity index (χ1v) is 10.3. The van der Waals surface area contributed by atoms with Crippen molar-refractivity contribution in [3.8, 4) is 5.75 Å². The van der Waals surface area contributed by atoms with E-state index in [1.807, 2.05) is 24.3 Å². The quantitative estimate of drug-likeness (QED) is 0.720. The maximum atomic E-state index is 12.4. The Hall–Kier alpha value is -1.85. The maximum Gasteiger partial charge on any atom is 0.223 e. The fourth-order valence-corrected chi connectivity index (χ4v) is 3.73. The number of rotatable bonds is 7. The van der Waals surface area contributed by atoms with Crippen molar-refractivity contribution in [1.29, 1.82) is 0 Å². The first-order valence-electron chi connectivity index (χ1n) is 9.51. The lowest BCUT2D eigenvalue weighted by Gasteiger charge is -2.31. The van der Waals surface area contributed by atoms with Crippen LogP contribution in [-0.2, 0) is 17.8 Å². The Morgan fingerprint density at radius 3 is 2.33 bits per heavy atom. The first kappa shape index (κ1) is 19.9. The topological polar surface area (TPSA) is 41.6 Å². The van der Waals surface area contributed by atoms with Crippen molar-refractivity contribution in [3.63, 3.8) is 0 Å². The number of nitrogens with one attached hydrogen (secondary N) is 1. The molecule has 1 aliphatic heterocycles.